The molecule has 0 spiro atoms. The van der Waals surface area contributed by atoms with Crippen LogP contribution in [-0.2, 0) is 4.79 Å². The van der Waals surface area contributed by atoms with Crippen molar-refractivity contribution in [2.75, 3.05) is 12.4 Å². The second-order valence-corrected chi connectivity index (χ2v) is 5.56. The maximum absolute atomic E-state index is 12.1. The molecule has 0 bridgehead atoms. The van der Waals surface area contributed by atoms with Crippen molar-refractivity contribution in [3.8, 4) is 5.75 Å². The molecule has 0 unspecified atom stereocenters. The summed E-state index contributed by atoms with van der Waals surface area (Å²) in [4.78, 5) is 13.1. The normalized spacial score (nSPS) is 12.1. The largest absolute Gasteiger partial charge is 0.497 e. The van der Waals surface area contributed by atoms with E-state index in [1.807, 2.05) is 48.7 Å². The molecule has 1 atom stereocenters. The average Bonchev–Trinajstić information content (AvgIpc) is 3.06. The van der Waals surface area contributed by atoms with Crippen LogP contribution in [0.4, 0.5) is 5.69 Å². The number of ether oxygens (including phenoxy) is 1. The summed E-state index contributed by atoms with van der Waals surface area (Å²) >= 11 is 1.57. The Hall–Kier alpha value is -2.34. The molecule has 1 aromatic heterocycles. The van der Waals surface area contributed by atoms with Crippen molar-refractivity contribution in [1.82, 2.24) is 5.43 Å². The van der Waals surface area contributed by atoms with Crippen molar-refractivity contribution in [2.45, 2.75) is 19.4 Å². The van der Waals surface area contributed by atoms with Crippen molar-refractivity contribution in [3.63, 3.8) is 0 Å². The summed E-state index contributed by atoms with van der Waals surface area (Å²) in [5.41, 5.74) is 3.43. The van der Waals surface area contributed by atoms with Crippen LogP contribution < -0.4 is 15.5 Å². The highest BCUT2D eigenvalue weighted by Crippen LogP contribution is 2.16. The minimum atomic E-state index is -0.339. The first-order chi connectivity index (χ1) is 10.7. The second kappa shape index (κ2) is 8.19. The number of carbonyl (C=O) groups excluding carboxylic acids is 1. The van der Waals surface area contributed by atoms with Gasteiger partial charge in [-0.2, -0.15) is 5.10 Å². The molecule has 116 valence electrons. The first kappa shape index (κ1) is 16.0. The molecule has 6 heteroatoms. The summed E-state index contributed by atoms with van der Waals surface area (Å²) < 4.78 is 5.11. The molecular weight excluding hydrogens is 298 g/mol. The zero-order valence-corrected chi connectivity index (χ0v) is 13.4. The number of rotatable bonds is 7. The third-order valence-corrected chi connectivity index (χ3v) is 3.87. The summed E-state index contributed by atoms with van der Waals surface area (Å²) in [5, 5.41) is 9.12. The Labute approximate surface area is 134 Å². The third-order valence-electron chi connectivity index (χ3n) is 3.07. The lowest BCUT2D eigenvalue weighted by molar-refractivity contribution is -0.121. The number of hydrogen-bond acceptors (Lipinski definition) is 5. The van der Waals surface area contributed by atoms with Crippen LogP contribution in [0, 0.1) is 0 Å². The van der Waals surface area contributed by atoms with Crippen LogP contribution in [0.3, 0.4) is 0 Å². The zero-order valence-electron chi connectivity index (χ0n) is 12.6. The Bertz CT molecular complexity index is 609. The predicted octanol–water partition coefficient (Wildman–Crippen LogP) is 3.10. The van der Waals surface area contributed by atoms with Gasteiger partial charge in [-0.3, -0.25) is 4.79 Å². The Balaban J connectivity index is 1.90. The molecule has 0 aliphatic rings. The molecule has 0 saturated heterocycles. The maximum atomic E-state index is 12.1. The molecule has 2 rings (SSSR count). The van der Waals surface area contributed by atoms with Gasteiger partial charge in [0.1, 0.15) is 11.8 Å². The van der Waals surface area contributed by atoms with Crippen molar-refractivity contribution in [3.05, 3.63) is 46.7 Å². The number of hydrogen-bond donors (Lipinski definition) is 2. The molecule has 0 aliphatic heterocycles. The maximum Gasteiger partial charge on any atom is 0.262 e. The highest BCUT2D eigenvalue weighted by molar-refractivity contribution is 7.11. The topological polar surface area (TPSA) is 62.7 Å². The Morgan fingerprint density at radius 1 is 1.36 bits per heavy atom. The fraction of sp³-hybridized carbons (Fsp3) is 0.250. The van der Waals surface area contributed by atoms with E-state index in [1.165, 1.54) is 0 Å². The number of nitrogens with zero attached hydrogens (tertiary/aromatic N) is 1. The quantitative estimate of drug-likeness (QED) is 0.609. The molecule has 2 N–H and O–H groups in total. The lowest BCUT2D eigenvalue weighted by Gasteiger charge is -2.16. The van der Waals surface area contributed by atoms with Crippen molar-refractivity contribution < 1.29 is 9.53 Å². The van der Waals surface area contributed by atoms with Crippen molar-refractivity contribution >= 4 is 29.1 Å². The van der Waals surface area contributed by atoms with Gasteiger partial charge in [0.2, 0.25) is 0 Å². The summed E-state index contributed by atoms with van der Waals surface area (Å²) in [6, 6.07) is 11.0. The molecule has 2 aromatic rings. The van der Waals surface area contributed by atoms with E-state index in [9.17, 15) is 4.79 Å². The smallest absolute Gasteiger partial charge is 0.262 e. The number of amides is 1. The molecule has 1 heterocycles. The first-order valence-electron chi connectivity index (χ1n) is 7.00. The highest BCUT2D eigenvalue weighted by Gasteiger charge is 2.15. The number of anilines is 1. The Kier molecular flexibility index (Phi) is 5.97. The van der Waals surface area contributed by atoms with Crippen LogP contribution in [0.5, 0.6) is 5.75 Å². The molecule has 22 heavy (non-hydrogen) atoms. The average molecular weight is 317 g/mol. The van der Waals surface area contributed by atoms with E-state index in [2.05, 4.69) is 15.8 Å². The van der Waals surface area contributed by atoms with E-state index in [-0.39, 0.29) is 11.9 Å². The number of hydrazone groups is 1. The SMILES string of the molecule is CC[C@H](Nc1ccc(OC)cc1)C(=O)N/N=C\c1cccs1. The Morgan fingerprint density at radius 3 is 2.73 bits per heavy atom. The van der Waals surface area contributed by atoms with Gasteiger partial charge < -0.3 is 10.1 Å². The summed E-state index contributed by atoms with van der Waals surface area (Å²) in [5.74, 6) is 0.620. The summed E-state index contributed by atoms with van der Waals surface area (Å²) in [7, 11) is 1.62. The number of benzene rings is 1. The van der Waals surface area contributed by atoms with Crippen molar-refractivity contribution in [2.24, 2.45) is 5.10 Å². The molecule has 0 aliphatic carbocycles. The molecule has 1 aromatic carbocycles. The second-order valence-electron chi connectivity index (χ2n) is 4.58. The number of nitrogens with one attached hydrogen (secondary N) is 2. The summed E-state index contributed by atoms with van der Waals surface area (Å²) in [6.45, 7) is 1.95. The number of thiophene rings is 1. The van der Waals surface area contributed by atoms with Crippen LogP contribution in [0.2, 0.25) is 0 Å². The van der Waals surface area contributed by atoms with Gasteiger partial charge in [0.15, 0.2) is 0 Å². The van der Waals surface area contributed by atoms with Crippen LogP contribution in [0.15, 0.2) is 46.9 Å². The van der Waals surface area contributed by atoms with Gasteiger partial charge in [-0.25, -0.2) is 5.43 Å². The summed E-state index contributed by atoms with van der Waals surface area (Å²) in [6.07, 6.45) is 2.30. The first-order valence-corrected chi connectivity index (χ1v) is 7.88. The van der Waals surface area contributed by atoms with Crippen LogP contribution in [0.25, 0.3) is 0 Å². The van der Waals surface area contributed by atoms with E-state index in [0.717, 1.165) is 16.3 Å². The molecular formula is C16H19N3O2S. The fourth-order valence-corrected chi connectivity index (χ4v) is 2.43. The van der Waals surface area contributed by atoms with Crippen LogP contribution in [-0.4, -0.2) is 25.3 Å². The van der Waals surface area contributed by atoms with Crippen LogP contribution in [0.1, 0.15) is 18.2 Å². The number of methoxy groups -OCH3 is 1. The zero-order chi connectivity index (χ0) is 15.8. The van der Waals surface area contributed by atoms with E-state index in [1.54, 1.807) is 24.7 Å². The third kappa shape index (κ3) is 4.60. The van der Waals surface area contributed by atoms with Gasteiger partial charge in [0.25, 0.3) is 5.91 Å². The lowest BCUT2D eigenvalue weighted by atomic mass is 10.2. The van der Waals surface area contributed by atoms with E-state index in [0.29, 0.717) is 6.42 Å². The van der Waals surface area contributed by atoms with Gasteiger partial charge in [-0.15, -0.1) is 11.3 Å². The molecule has 0 saturated carbocycles. The molecule has 0 radical (unpaired) electrons. The molecule has 5 nitrogen and oxygen atoms in total. The fourth-order valence-electron chi connectivity index (χ4n) is 1.84. The van der Waals surface area contributed by atoms with E-state index in [4.69, 9.17) is 4.74 Å². The highest BCUT2D eigenvalue weighted by atomic mass is 32.1. The van der Waals surface area contributed by atoms with Gasteiger partial charge in [0, 0.05) is 10.6 Å². The van der Waals surface area contributed by atoms with Gasteiger partial charge in [-0.1, -0.05) is 13.0 Å². The molecule has 1 amide bonds. The van der Waals surface area contributed by atoms with Gasteiger partial charge in [0.05, 0.1) is 13.3 Å². The standard InChI is InChI=1S/C16H19N3O2S/c1-3-15(18-12-6-8-13(21-2)9-7-12)16(20)19-17-11-14-5-4-10-22-14/h4-11,15,18H,3H2,1-2H3,(H,19,20)/b17-11-/t15-/m0/s1. The Morgan fingerprint density at radius 2 is 2.14 bits per heavy atom. The van der Waals surface area contributed by atoms with Crippen molar-refractivity contribution in [1.29, 1.82) is 0 Å². The van der Waals surface area contributed by atoms with Gasteiger partial charge >= 0.3 is 0 Å². The van der Waals surface area contributed by atoms with E-state index < -0.39 is 0 Å². The molecule has 0 fully saturated rings. The monoisotopic (exact) mass is 317 g/mol. The minimum Gasteiger partial charge on any atom is -0.497 e. The van der Waals surface area contributed by atoms with E-state index >= 15 is 0 Å². The lowest BCUT2D eigenvalue weighted by Crippen LogP contribution is -2.36. The minimum absolute atomic E-state index is 0.161. The van der Waals surface area contributed by atoms with Crippen LogP contribution >= 0.6 is 11.3 Å². The predicted molar refractivity (Wildman–Crippen MR) is 90.8 cm³/mol. The van der Waals surface area contributed by atoms with Gasteiger partial charge in [-0.05, 0) is 42.1 Å². The number of carbonyl (C=O) groups is 1.